The molecule has 3 aromatic carbocycles. The predicted molar refractivity (Wildman–Crippen MR) is 105 cm³/mol. The molecule has 27 heavy (non-hydrogen) atoms. The largest absolute Gasteiger partial charge is 0.207 e. The van der Waals surface area contributed by atoms with Crippen LogP contribution in [-0.2, 0) is 0 Å². The van der Waals surface area contributed by atoms with Crippen molar-refractivity contribution in [2.75, 3.05) is 0 Å². The first-order chi connectivity index (χ1) is 12.8. The molecule has 0 atom stereocenters. The van der Waals surface area contributed by atoms with E-state index in [1.165, 1.54) is 43.3 Å². The Hall–Kier alpha value is -2.62. The molecule has 0 aliphatic heterocycles. The van der Waals surface area contributed by atoms with E-state index < -0.39 is 11.6 Å². The second kappa shape index (κ2) is 13.6. The lowest BCUT2D eigenvalue weighted by molar-refractivity contribution is 0.503. The molecule has 0 saturated heterocycles. The summed E-state index contributed by atoms with van der Waals surface area (Å²) in [6.07, 6.45) is 0. The summed E-state index contributed by atoms with van der Waals surface area (Å²) in [5, 5.41) is 0. The Morgan fingerprint density at radius 2 is 1.11 bits per heavy atom. The van der Waals surface area contributed by atoms with Crippen LogP contribution in [0.2, 0.25) is 0 Å². The van der Waals surface area contributed by atoms with Crippen molar-refractivity contribution in [1.29, 1.82) is 0 Å². The number of hydrogen-bond donors (Lipinski definition) is 0. The van der Waals surface area contributed by atoms with Crippen LogP contribution in [0, 0.1) is 44.0 Å². The van der Waals surface area contributed by atoms with Gasteiger partial charge < -0.3 is 0 Å². The fraction of sp³-hybridized carbons (Fsp3) is 0.217. The summed E-state index contributed by atoms with van der Waals surface area (Å²) in [4.78, 5) is 0. The highest BCUT2D eigenvalue weighted by Crippen LogP contribution is 2.08. The number of aryl methyl sites for hydroxylation is 3. The maximum absolute atomic E-state index is 12.4. The molecule has 0 bridgehead atoms. The third kappa shape index (κ3) is 10.9. The van der Waals surface area contributed by atoms with Gasteiger partial charge in [0.1, 0.15) is 11.6 Å². The lowest BCUT2D eigenvalue weighted by Gasteiger charge is -1.93. The minimum atomic E-state index is -0.782. The second-order valence-corrected chi connectivity index (χ2v) is 5.47. The predicted octanol–water partition coefficient (Wildman–Crippen LogP) is 7.57. The summed E-state index contributed by atoms with van der Waals surface area (Å²) in [6.45, 7) is 9.32. The lowest BCUT2D eigenvalue weighted by atomic mass is 10.2. The van der Waals surface area contributed by atoms with Crippen LogP contribution in [0.15, 0.2) is 66.7 Å². The Kier molecular flexibility index (Phi) is 12.2. The Bertz CT molecular complexity index is 722. The van der Waals surface area contributed by atoms with Crippen LogP contribution in [0.25, 0.3) is 0 Å². The van der Waals surface area contributed by atoms with Gasteiger partial charge in [-0.25, -0.2) is 17.6 Å². The topological polar surface area (TPSA) is 0 Å². The van der Waals surface area contributed by atoms with Gasteiger partial charge >= 0.3 is 0 Å². The van der Waals surface area contributed by atoms with Crippen molar-refractivity contribution in [2.24, 2.45) is 0 Å². The van der Waals surface area contributed by atoms with Crippen molar-refractivity contribution in [1.82, 2.24) is 0 Å². The van der Waals surface area contributed by atoms with Crippen molar-refractivity contribution in [3.63, 3.8) is 0 Å². The molecule has 0 N–H and O–H groups in total. The first kappa shape index (κ1) is 24.4. The van der Waals surface area contributed by atoms with Crippen LogP contribution in [0.1, 0.15) is 30.5 Å². The van der Waals surface area contributed by atoms with Gasteiger partial charge in [-0.05, 0) is 62.2 Å². The van der Waals surface area contributed by atoms with E-state index in [4.69, 9.17) is 0 Å². The summed E-state index contributed by atoms with van der Waals surface area (Å²) >= 11 is 0. The average Bonchev–Trinajstić information content (AvgIpc) is 2.65. The summed E-state index contributed by atoms with van der Waals surface area (Å²) in [6, 6.07) is 17.0. The molecule has 0 aliphatic carbocycles. The molecule has 0 spiro atoms. The first-order valence-electron chi connectivity index (χ1n) is 8.64. The molecule has 3 aromatic rings. The Morgan fingerprint density at radius 3 is 1.48 bits per heavy atom. The van der Waals surface area contributed by atoms with Crippen molar-refractivity contribution in [3.05, 3.63) is 107 Å². The van der Waals surface area contributed by atoms with Gasteiger partial charge in [-0.3, -0.25) is 0 Å². The van der Waals surface area contributed by atoms with E-state index in [1.54, 1.807) is 18.2 Å². The van der Waals surface area contributed by atoms with Gasteiger partial charge in [-0.15, -0.1) is 0 Å². The van der Waals surface area contributed by atoms with Crippen molar-refractivity contribution in [2.45, 2.75) is 34.6 Å². The van der Waals surface area contributed by atoms with Gasteiger partial charge in [-0.1, -0.05) is 55.8 Å². The fourth-order valence-electron chi connectivity index (χ4n) is 1.75. The normalized spacial score (nSPS) is 8.93. The third-order valence-corrected chi connectivity index (χ3v) is 3.14. The number of benzene rings is 3. The van der Waals surface area contributed by atoms with Gasteiger partial charge in [0.25, 0.3) is 0 Å². The molecule has 0 fully saturated rings. The highest BCUT2D eigenvalue weighted by molar-refractivity contribution is 5.16. The highest BCUT2D eigenvalue weighted by atomic mass is 19.2. The zero-order valence-electron chi connectivity index (χ0n) is 16.4. The Labute approximate surface area is 159 Å². The molecule has 0 unspecified atom stereocenters. The van der Waals surface area contributed by atoms with E-state index in [2.05, 4.69) is 0 Å². The minimum absolute atomic E-state index is 0.162. The zero-order valence-corrected chi connectivity index (χ0v) is 16.4. The molecular weight excluding hydrogens is 352 g/mol. The van der Waals surface area contributed by atoms with Crippen molar-refractivity contribution in [3.8, 4) is 0 Å². The SMILES string of the molecule is CC.Cc1ccc(F)cc1.Cc1cccc(F)c1.Cc1cccc(F)c1F. The molecule has 3 rings (SSSR count). The molecule has 0 heterocycles. The zero-order chi connectivity index (χ0) is 20.8. The maximum Gasteiger partial charge on any atom is 0.161 e. The van der Waals surface area contributed by atoms with Crippen LogP contribution >= 0.6 is 0 Å². The van der Waals surface area contributed by atoms with E-state index in [9.17, 15) is 17.6 Å². The Balaban J connectivity index is 0.000000359. The molecule has 0 nitrogen and oxygen atoms in total. The molecule has 146 valence electrons. The van der Waals surface area contributed by atoms with Crippen molar-refractivity contribution >= 4 is 0 Å². The van der Waals surface area contributed by atoms with Gasteiger partial charge in [-0.2, -0.15) is 0 Å². The van der Waals surface area contributed by atoms with Crippen LogP contribution in [0.3, 0.4) is 0 Å². The first-order valence-corrected chi connectivity index (χ1v) is 8.64. The molecule has 4 heteroatoms. The number of rotatable bonds is 0. The minimum Gasteiger partial charge on any atom is -0.207 e. The van der Waals surface area contributed by atoms with Crippen LogP contribution < -0.4 is 0 Å². The van der Waals surface area contributed by atoms with Crippen LogP contribution in [0.5, 0.6) is 0 Å². The Morgan fingerprint density at radius 1 is 0.556 bits per heavy atom. The van der Waals surface area contributed by atoms with Gasteiger partial charge in [0.2, 0.25) is 0 Å². The van der Waals surface area contributed by atoms with E-state index in [1.807, 2.05) is 33.8 Å². The molecular formula is C23H26F4. The number of hydrogen-bond acceptors (Lipinski definition) is 0. The smallest absolute Gasteiger partial charge is 0.161 e. The second-order valence-electron chi connectivity index (χ2n) is 5.47. The van der Waals surface area contributed by atoms with Crippen LogP contribution in [0.4, 0.5) is 17.6 Å². The van der Waals surface area contributed by atoms with Crippen LogP contribution in [-0.4, -0.2) is 0 Å². The van der Waals surface area contributed by atoms with E-state index in [-0.39, 0.29) is 11.6 Å². The van der Waals surface area contributed by atoms with Crippen molar-refractivity contribution < 1.29 is 17.6 Å². The lowest BCUT2D eigenvalue weighted by Crippen LogP contribution is -1.85. The maximum atomic E-state index is 12.4. The van der Waals surface area contributed by atoms with Gasteiger partial charge in [0.15, 0.2) is 11.6 Å². The molecule has 0 saturated carbocycles. The van der Waals surface area contributed by atoms with Gasteiger partial charge in [0.05, 0.1) is 0 Å². The molecule has 0 amide bonds. The highest BCUT2D eigenvalue weighted by Gasteiger charge is 2.00. The van der Waals surface area contributed by atoms with E-state index in [0.29, 0.717) is 5.56 Å². The average molecular weight is 378 g/mol. The van der Waals surface area contributed by atoms with E-state index in [0.717, 1.165) is 17.2 Å². The quantitative estimate of drug-likeness (QED) is 0.354. The third-order valence-electron chi connectivity index (χ3n) is 3.14. The fourth-order valence-corrected chi connectivity index (χ4v) is 1.75. The number of halogens is 4. The standard InChI is InChI=1S/C7H6F2.2C7H7F.C2H6/c1-5-3-2-4-6(8)7(5)9;1-6-2-4-7(8)5-3-6;1-6-3-2-4-7(8)5-6;1-2/h2-4H,1H3;2*2-5H,1H3;1-2H3. The monoisotopic (exact) mass is 378 g/mol. The van der Waals surface area contributed by atoms with E-state index >= 15 is 0 Å². The summed E-state index contributed by atoms with van der Waals surface area (Å²) in [5.41, 5.74) is 2.39. The summed E-state index contributed by atoms with van der Waals surface area (Å²) in [5.74, 6) is -1.87. The molecule has 0 aromatic heterocycles. The summed E-state index contributed by atoms with van der Waals surface area (Å²) in [7, 11) is 0. The molecule has 0 aliphatic rings. The van der Waals surface area contributed by atoms with Gasteiger partial charge in [0, 0.05) is 0 Å². The molecule has 0 radical (unpaired) electrons. The summed E-state index contributed by atoms with van der Waals surface area (Å²) < 4.78 is 48.8.